The molecule has 1 fully saturated rings. The average molecular weight is 238 g/mol. The minimum absolute atomic E-state index is 0.415. The summed E-state index contributed by atoms with van der Waals surface area (Å²) in [7, 11) is 2.03. The molecule has 1 aromatic rings. The zero-order chi connectivity index (χ0) is 11.5. The lowest BCUT2D eigenvalue weighted by molar-refractivity contribution is 0.265. The summed E-state index contributed by atoms with van der Waals surface area (Å²) in [4.78, 5) is 0. The SMILES string of the molecule is CNC(CC1CCC1)c1cccc(C)c1Cl. The van der Waals surface area contributed by atoms with E-state index >= 15 is 0 Å². The smallest absolute Gasteiger partial charge is 0.0482 e. The molecule has 1 nitrogen and oxygen atoms in total. The zero-order valence-corrected chi connectivity index (χ0v) is 10.8. The van der Waals surface area contributed by atoms with Crippen LogP contribution in [0.1, 0.15) is 42.9 Å². The molecule has 0 spiro atoms. The van der Waals surface area contributed by atoms with Gasteiger partial charge in [0.1, 0.15) is 0 Å². The molecule has 2 rings (SSSR count). The average Bonchev–Trinajstić information content (AvgIpc) is 2.22. The lowest BCUT2D eigenvalue weighted by Crippen LogP contribution is -2.23. The van der Waals surface area contributed by atoms with Crippen LogP contribution >= 0.6 is 11.6 Å². The van der Waals surface area contributed by atoms with E-state index in [0.717, 1.165) is 10.9 Å². The Morgan fingerprint density at radius 3 is 2.75 bits per heavy atom. The van der Waals surface area contributed by atoms with Crippen LogP contribution < -0.4 is 5.32 Å². The van der Waals surface area contributed by atoms with E-state index in [1.807, 2.05) is 7.05 Å². The molecule has 1 N–H and O–H groups in total. The predicted octanol–water partition coefficient (Wildman–Crippen LogP) is 4.10. The maximum absolute atomic E-state index is 6.37. The predicted molar refractivity (Wildman–Crippen MR) is 69.9 cm³/mol. The standard InChI is InChI=1S/C14H20ClN/c1-10-5-3-8-12(14(10)15)13(16-2)9-11-6-4-7-11/h3,5,8,11,13,16H,4,6-7,9H2,1-2H3. The molecule has 0 aliphatic heterocycles. The van der Waals surface area contributed by atoms with Gasteiger partial charge >= 0.3 is 0 Å². The molecule has 0 heterocycles. The maximum atomic E-state index is 6.37. The van der Waals surface area contributed by atoms with Gasteiger partial charge in [0.05, 0.1) is 0 Å². The normalized spacial score (nSPS) is 18.2. The Kier molecular flexibility index (Phi) is 3.88. The number of nitrogens with one attached hydrogen (secondary N) is 1. The Morgan fingerprint density at radius 2 is 2.19 bits per heavy atom. The number of benzene rings is 1. The Morgan fingerprint density at radius 1 is 1.44 bits per heavy atom. The van der Waals surface area contributed by atoms with Crippen LogP contribution in [0.2, 0.25) is 5.02 Å². The Balaban J connectivity index is 2.15. The van der Waals surface area contributed by atoms with E-state index in [9.17, 15) is 0 Å². The van der Waals surface area contributed by atoms with Crippen molar-refractivity contribution in [2.75, 3.05) is 7.05 Å². The first-order valence-electron chi connectivity index (χ1n) is 6.14. The summed E-state index contributed by atoms with van der Waals surface area (Å²) in [6.45, 7) is 2.07. The molecule has 0 saturated heterocycles. The highest BCUT2D eigenvalue weighted by Gasteiger charge is 2.23. The first-order valence-corrected chi connectivity index (χ1v) is 6.52. The van der Waals surface area contributed by atoms with Crippen LogP contribution in [0.25, 0.3) is 0 Å². The third-order valence-corrected chi connectivity index (χ3v) is 4.26. The summed E-state index contributed by atoms with van der Waals surface area (Å²) in [6.07, 6.45) is 5.41. The second kappa shape index (κ2) is 5.20. The molecule has 88 valence electrons. The molecule has 1 unspecified atom stereocenters. The van der Waals surface area contributed by atoms with Gasteiger partial charge < -0.3 is 5.32 Å². The van der Waals surface area contributed by atoms with Crippen molar-refractivity contribution in [3.63, 3.8) is 0 Å². The quantitative estimate of drug-likeness (QED) is 0.832. The van der Waals surface area contributed by atoms with Crippen molar-refractivity contribution in [3.05, 3.63) is 34.3 Å². The fraction of sp³-hybridized carbons (Fsp3) is 0.571. The van der Waals surface area contributed by atoms with E-state index in [2.05, 4.69) is 30.4 Å². The second-order valence-electron chi connectivity index (χ2n) is 4.85. The molecular formula is C14H20ClN. The molecule has 1 aliphatic carbocycles. The van der Waals surface area contributed by atoms with E-state index in [0.29, 0.717) is 6.04 Å². The minimum Gasteiger partial charge on any atom is -0.313 e. The fourth-order valence-electron chi connectivity index (χ4n) is 2.40. The van der Waals surface area contributed by atoms with Crippen molar-refractivity contribution in [1.29, 1.82) is 0 Å². The van der Waals surface area contributed by atoms with Crippen LogP contribution in [-0.4, -0.2) is 7.05 Å². The maximum Gasteiger partial charge on any atom is 0.0482 e. The molecule has 0 radical (unpaired) electrons. The topological polar surface area (TPSA) is 12.0 Å². The summed E-state index contributed by atoms with van der Waals surface area (Å²) in [5.41, 5.74) is 2.43. The van der Waals surface area contributed by atoms with E-state index in [1.54, 1.807) is 0 Å². The molecule has 1 aliphatic rings. The molecule has 0 amide bonds. The molecular weight excluding hydrogens is 218 g/mol. The first kappa shape index (κ1) is 11.9. The highest BCUT2D eigenvalue weighted by atomic mass is 35.5. The van der Waals surface area contributed by atoms with E-state index in [1.165, 1.54) is 36.8 Å². The van der Waals surface area contributed by atoms with Crippen LogP contribution in [-0.2, 0) is 0 Å². The van der Waals surface area contributed by atoms with Gasteiger partial charge in [-0.1, -0.05) is 49.1 Å². The van der Waals surface area contributed by atoms with Crippen molar-refractivity contribution in [3.8, 4) is 0 Å². The summed E-state index contributed by atoms with van der Waals surface area (Å²) in [6, 6.07) is 6.73. The number of aryl methyl sites for hydroxylation is 1. The number of hydrogen-bond acceptors (Lipinski definition) is 1. The van der Waals surface area contributed by atoms with E-state index in [4.69, 9.17) is 11.6 Å². The lowest BCUT2D eigenvalue weighted by Gasteiger charge is -2.30. The van der Waals surface area contributed by atoms with Gasteiger partial charge in [-0.3, -0.25) is 0 Å². The summed E-state index contributed by atoms with van der Waals surface area (Å²) in [5.74, 6) is 0.897. The Labute approximate surface area is 103 Å². The van der Waals surface area contributed by atoms with Gasteiger partial charge in [-0.2, -0.15) is 0 Å². The number of halogens is 1. The third-order valence-electron chi connectivity index (χ3n) is 3.74. The van der Waals surface area contributed by atoms with Gasteiger partial charge in [0, 0.05) is 11.1 Å². The van der Waals surface area contributed by atoms with Crippen molar-refractivity contribution in [2.24, 2.45) is 5.92 Å². The van der Waals surface area contributed by atoms with Crippen molar-refractivity contribution in [2.45, 2.75) is 38.6 Å². The van der Waals surface area contributed by atoms with Gasteiger partial charge in [-0.25, -0.2) is 0 Å². The van der Waals surface area contributed by atoms with Gasteiger partial charge in [0.15, 0.2) is 0 Å². The van der Waals surface area contributed by atoms with Gasteiger partial charge in [-0.05, 0) is 37.4 Å². The second-order valence-corrected chi connectivity index (χ2v) is 5.23. The van der Waals surface area contributed by atoms with Crippen LogP contribution in [0.4, 0.5) is 0 Å². The summed E-state index contributed by atoms with van der Waals surface area (Å²) < 4.78 is 0. The highest BCUT2D eigenvalue weighted by Crippen LogP contribution is 2.36. The van der Waals surface area contributed by atoms with Crippen molar-refractivity contribution < 1.29 is 0 Å². The van der Waals surface area contributed by atoms with Gasteiger partial charge in [0.25, 0.3) is 0 Å². The molecule has 1 saturated carbocycles. The Hall–Kier alpha value is -0.530. The summed E-state index contributed by atoms with van der Waals surface area (Å²) >= 11 is 6.37. The molecule has 1 aromatic carbocycles. The minimum atomic E-state index is 0.415. The zero-order valence-electron chi connectivity index (χ0n) is 10.1. The van der Waals surface area contributed by atoms with Gasteiger partial charge in [0.2, 0.25) is 0 Å². The molecule has 1 atom stereocenters. The molecule has 16 heavy (non-hydrogen) atoms. The van der Waals surface area contributed by atoms with Crippen LogP contribution in [0.5, 0.6) is 0 Å². The largest absolute Gasteiger partial charge is 0.313 e. The third kappa shape index (κ3) is 2.41. The van der Waals surface area contributed by atoms with Crippen LogP contribution in [0.3, 0.4) is 0 Å². The molecule has 0 aromatic heterocycles. The first-order chi connectivity index (χ1) is 7.72. The van der Waals surface area contributed by atoms with E-state index in [-0.39, 0.29) is 0 Å². The molecule has 0 bridgehead atoms. The van der Waals surface area contributed by atoms with Crippen LogP contribution in [0, 0.1) is 12.8 Å². The number of hydrogen-bond donors (Lipinski definition) is 1. The molecule has 2 heteroatoms. The lowest BCUT2D eigenvalue weighted by atomic mass is 9.79. The van der Waals surface area contributed by atoms with Crippen molar-refractivity contribution in [1.82, 2.24) is 5.32 Å². The number of rotatable bonds is 4. The highest BCUT2D eigenvalue weighted by molar-refractivity contribution is 6.32. The van der Waals surface area contributed by atoms with Crippen molar-refractivity contribution >= 4 is 11.6 Å². The monoisotopic (exact) mass is 237 g/mol. The van der Waals surface area contributed by atoms with Gasteiger partial charge in [-0.15, -0.1) is 0 Å². The van der Waals surface area contributed by atoms with Crippen LogP contribution in [0.15, 0.2) is 18.2 Å². The van der Waals surface area contributed by atoms with E-state index < -0.39 is 0 Å². The fourth-order valence-corrected chi connectivity index (χ4v) is 2.66. The Bertz CT molecular complexity index is 358. The summed E-state index contributed by atoms with van der Waals surface area (Å²) in [5, 5.41) is 4.33.